The van der Waals surface area contributed by atoms with Crippen LogP contribution < -0.4 is 5.73 Å². The molecule has 0 aliphatic rings. The fourth-order valence-corrected chi connectivity index (χ4v) is 0.993. The molecule has 0 aliphatic heterocycles. The van der Waals surface area contributed by atoms with Crippen LogP contribution in [-0.4, -0.2) is 19.8 Å². The van der Waals surface area contributed by atoms with Crippen LogP contribution in [0.2, 0.25) is 0 Å². The Labute approximate surface area is 70.1 Å². The van der Waals surface area contributed by atoms with Gasteiger partial charge in [0, 0.05) is 13.2 Å². The third kappa shape index (κ3) is 9.92. The van der Waals surface area contributed by atoms with Crippen LogP contribution in [0.3, 0.4) is 0 Å². The molecule has 0 aromatic rings. The second kappa shape index (κ2) is 9.92. The lowest BCUT2D eigenvalue weighted by atomic mass is 10.2. The molecule has 0 bridgehead atoms. The molecule has 2 heteroatoms. The van der Waals surface area contributed by atoms with Crippen molar-refractivity contribution < 1.29 is 4.74 Å². The number of nitrogens with two attached hydrogens (primary N) is 1. The van der Waals surface area contributed by atoms with Crippen molar-refractivity contribution in [3.05, 3.63) is 0 Å². The maximum Gasteiger partial charge on any atom is 0.0588 e. The summed E-state index contributed by atoms with van der Waals surface area (Å²) in [5.74, 6) is 0. The first-order valence-corrected chi connectivity index (χ1v) is 4.69. The molecular formula is C9H21NO. The van der Waals surface area contributed by atoms with Crippen LogP contribution in [0.5, 0.6) is 0 Å². The Morgan fingerprint density at radius 1 is 1.00 bits per heavy atom. The highest BCUT2D eigenvalue weighted by Gasteiger charge is 1.88. The molecule has 0 fully saturated rings. The quantitative estimate of drug-likeness (QED) is 0.549. The van der Waals surface area contributed by atoms with Crippen molar-refractivity contribution in [3.8, 4) is 0 Å². The van der Waals surface area contributed by atoms with Crippen LogP contribution >= 0.6 is 0 Å². The Hall–Kier alpha value is -0.0800. The summed E-state index contributed by atoms with van der Waals surface area (Å²) >= 11 is 0. The zero-order valence-electron chi connectivity index (χ0n) is 7.64. The molecule has 0 aromatic heterocycles. The minimum absolute atomic E-state index is 0.648. The molecule has 0 heterocycles. The molecular weight excluding hydrogens is 138 g/mol. The molecule has 2 nitrogen and oxygen atoms in total. The monoisotopic (exact) mass is 159 g/mol. The van der Waals surface area contributed by atoms with Gasteiger partial charge in [0.25, 0.3) is 0 Å². The summed E-state index contributed by atoms with van der Waals surface area (Å²) in [6.45, 7) is 4.48. The van der Waals surface area contributed by atoms with Gasteiger partial charge < -0.3 is 10.5 Å². The summed E-state index contributed by atoms with van der Waals surface area (Å²) in [7, 11) is 0. The van der Waals surface area contributed by atoms with E-state index in [4.69, 9.17) is 10.5 Å². The van der Waals surface area contributed by atoms with Gasteiger partial charge in [0.2, 0.25) is 0 Å². The summed E-state index contributed by atoms with van der Waals surface area (Å²) in [5, 5.41) is 0. The fourth-order valence-electron chi connectivity index (χ4n) is 0.993. The van der Waals surface area contributed by atoms with Crippen LogP contribution in [0, 0.1) is 0 Å². The van der Waals surface area contributed by atoms with Crippen LogP contribution in [0.1, 0.15) is 39.0 Å². The molecule has 11 heavy (non-hydrogen) atoms. The van der Waals surface area contributed by atoms with Gasteiger partial charge in [-0.2, -0.15) is 0 Å². The van der Waals surface area contributed by atoms with E-state index < -0.39 is 0 Å². The number of unbranched alkanes of at least 4 members (excludes halogenated alkanes) is 4. The van der Waals surface area contributed by atoms with Gasteiger partial charge in [-0.1, -0.05) is 32.6 Å². The lowest BCUT2D eigenvalue weighted by Crippen LogP contribution is -2.08. The first-order valence-electron chi connectivity index (χ1n) is 4.69. The van der Waals surface area contributed by atoms with Crippen molar-refractivity contribution in [2.45, 2.75) is 39.0 Å². The van der Waals surface area contributed by atoms with Gasteiger partial charge in [0.1, 0.15) is 0 Å². The third-order valence-electron chi connectivity index (χ3n) is 1.65. The smallest absolute Gasteiger partial charge is 0.0588 e. The Bertz CT molecular complexity index is 58.6. The van der Waals surface area contributed by atoms with E-state index in [0.29, 0.717) is 13.2 Å². The first-order chi connectivity index (χ1) is 5.41. The van der Waals surface area contributed by atoms with Crippen molar-refractivity contribution in [1.29, 1.82) is 0 Å². The normalized spacial score (nSPS) is 10.4. The summed E-state index contributed by atoms with van der Waals surface area (Å²) < 4.78 is 5.24. The first kappa shape index (κ1) is 10.9. The maximum atomic E-state index is 5.27. The Kier molecular flexibility index (Phi) is 9.85. The molecule has 0 aromatic carbocycles. The van der Waals surface area contributed by atoms with Crippen molar-refractivity contribution in [1.82, 2.24) is 0 Å². The second-order valence-electron chi connectivity index (χ2n) is 2.82. The number of ether oxygens (including phenoxy) is 1. The van der Waals surface area contributed by atoms with Crippen molar-refractivity contribution in [2.75, 3.05) is 19.8 Å². The minimum Gasteiger partial charge on any atom is -0.380 e. The average molecular weight is 159 g/mol. The van der Waals surface area contributed by atoms with E-state index in [-0.39, 0.29) is 0 Å². The largest absolute Gasteiger partial charge is 0.380 e. The fraction of sp³-hybridized carbons (Fsp3) is 1.00. The lowest BCUT2D eigenvalue weighted by Gasteiger charge is -2.01. The predicted molar refractivity (Wildman–Crippen MR) is 48.6 cm³/mol. The van der Waals surface area contributed by atoms with Crippen LogP contribution in [-0.2, 0) is 4.74 Å². The summed E-state index contributed by atoms with van der Waals surface area (Å²) in [6.07, 6.45) is 6.52. The Morgan fingerprint density at radius 3 is 2.36 bits per heavy atom. The second-order valence-corrected chi connectivity index (χ2v) is 2.82. The van der Waals surface area contributed by atoms with E-state index in [1.165, 1.54) is 32.1 Å². The topological polar surface area (TPSA) is 35.2 Å². The van der Waals surface area contributed by atoms with Crippen LogP contribution in [0.25, 0.3) is 0 Å². The standard InChI is InChI=1S/C9H21NO/c1-2-3-4-5-6-8-11-9-7-10/h2-10H2,1H3. The highest BCUT2D eigenvalue weighted by atomic mass is 16.5. The SMILES string of the molecule is CCCCCCCOCCN. The van der Waals surface area contributed by atoms with Crippen LogP contribution in [0.4, 0.5) is 0 Å². The minimum atomic E-state index is 0.648. The van der Waals surface area contributed by atoms with Gasteiger partial charge in [-0.3, -0.25) is 0 Å². The van der Waals surface area contributed by atoms with Crippen molar-refractivity contribution in [2.24, 2.45) is 5.73 Å². The van der Waals surface area contributed by atoms with E-state index in [1.807, 2.05) is 0 Å². The van der Waals surface area contributed by atoms with E-state index in [9.17, 15) is 0 Å². The highest BCUT2D eigenvalue weighted by molar-refractivity contribution is 4.41. The average Bonchev–Trinajstić information content (AvgIpc) is 2.03. The zero-order chi connectivity index (χ0) is 8.36. The lowest BCUT2D eigenvalue weighted by molar-refractivity contribution is 0.137. The molecule has 0 aliphatic carbocycles. The van der Waals surface area contributed by atoms with E-state index in [1.54, 1.807) is 0 Å². The Balaban J connectivity index is 2.69. The van der Waals surface area contributed by atoms with Gasteiger partial charge in [0.05, 0.1) is 6.61 Å². The molecule has 0 saturated heterocycles. The molecule has 0 amide bonds. The predicted octanol–water partition coefficient (Wildman–Crippen LogP) is 1.93. The van der Waals surface area contributed by atoms with Gasteiger partial charge in [0.15, 0.2) is 0 Å². The van der Waals surface area contributed by atoms with E-state index in [0.717, 1.165) is 6.61 Å². The van der Waals surface area contributed by atoms with Gasteiger partial charge in [-0.05, 0) is 6.42 Å². The van der Waals surface area contributed by atoms with E-state index in [2.05, 4.69) is 6.92 Å². The van der Waals surface area contributed by atoms with Crippen molar-refractivity contribution >= 4 is 0 Å². The third-order valence-corrected chi connectivity index (χ3v) is 1.65. The van der Waals surface area contributed by atoms with E-state index >= 15 is 0 Å². The van der Waals surface area contributed by atoms with Crippen LogP contribution in [0.15, 0.2) is 0 Å². The number of hydrogen-bond acceptors (Lipinski definition) is 2. The number of rotatable bonds is 8. The Morgan fingerprint density at radius 2 is 1.73 bits per heavy atom. The molecule has 2 N–H and O–H groups in total. The summed E-state index contributed by atoms with van der Waals surface area (Å²) in [5.41, 5.74) is 5.27. The molecule has 0 unspecified atom stereocenters. The summed E-state index contributed by atoms with van der Waals surface area (Å²) in [6, 6.07) is 0. The molecule has 0 radical (unpaired) electrons. The molecule has 0 saturated carbocycles. The van der Waals surface area contributed by atoms with Gasteiger partial charge in [-0.25, -0.2) is 0 Å². The van der Waals surface area contributed by atoms with Crippen molar-refractivity contribution in [3.63, 3.8) is 0 Å². The maximum absolute atomic E-state index is 5.27. The number of hydrogen-bond donors (Lipinski definition) is 1. The molecule has 0 rings (SSSR count). The zero-order valence-corrected chi connectivity index (χ0v) is 7.64. The molecule has 68 valence electrons. The molecule has 0 spiro atoms. The molecule has 0 atom stereocenters. The van der Waals surface area contributed by atoms with Gasteiger partial charge in [-0.15, -0.1) is 0 Å². The summed E-state index contributed by atoms with van der Waals surface area (Å²) in [4.78, 5) is 0. The van der Waals surface area contributed by atoms with Gasteiger partial charge >= 0.3 is 0 Å². The highest BCUT2D eigenvalue weighted by Crippen LogP contribution is 2.01.